The second kappa shape index (κ2) is 7.89. The average molecular weight is 365 g/mol. The normalized spacial score (nSPS) is 24.0. The molecule has 1 aromatic rings. The molecule has 1 aliphatic rings. The van der Waals surface area contributed by atoms with E-state index in [0.29, 0.717) is 13.0 Å². The molecule has 2 atom stereocenters. The molecule has 1 amide bonds. The Kier molecular flexibility index (Phi) is 6.29. The first-order valence-electron chi connectivity index (χ1n) is 8.76. The zero-order valence-corrected chi connectivity index (χ0v) is 16.9. The highest BCUT2D eigenvalue weighted by Crippen LogP contribution is 2.43. The monoisotopic (exact) mass is 364 g/mol. The Hall–Kier alpha value is -1.37. The number of nitrogens with zero attached hydrogens (tertiary/aromatic N) is 1. The molecule has 0 saturated carbocycles. The van der Waals surface area contributed by atoms with E-state index in [1.165, 1.54) is 0 Å². The van der Waals surface area contributed by atoms with Gasteiger partial charge < -0.3 is 14.3 Å². The van der Waals surface area contributed by atoms with Crippen LogP contribution < -0.4 is 0 Å². The minimum Gasteiger partial charge on any atom is -0.444 e. The fourth-order valence-corrected chi connectivity index (χ4v) is 4.24. The van der Waals surface area contributed by atoms with Gasteiger partial charge in [-0.15, -0.1) is 0 Å². The van der Waals surface area contributed by atoms with Gasteiger partial charge in [0.05, 0.1) is 6.61 Å². The third kappa shape index (κ3) is 4.83. The summed E-state index contributed by atoms with van der Waals surface area (Å²) in [6.07, 6.45) is 0.205. The van der Waals surface area contributed by atoms with E-state index in [1.807, 2.05) is 43.4 Å². The van der Waals surface area contributed by atoms with Crippen molar-refractivity contribution in [2.24, 2.45) is 11.3 Å². The summed E-state index contributed by atoms with van der Waals surface area (Å²) in [4.78, 5) is 14.4. The predicted molar refractivity (Wildman–Crippen MR) is 99.3 cm³/mol. The van der Waals surface area contributed by atoms with Crippen molar-refractivity contribution >= 4 is 15.1 Å². The Labute approximate surface area is 152 Å². The molecule has 1 heterocycles. The highest BCUT2D eigenvalue weighted by molar-refractivity contribution is 6.48. The first-order valence-corrected chi connectivity index (χ1v) is 11.2. The molecule has 6 heteroatoms. The van der Waals surface area contributed by atoms with E-state index < -0.39 is 20.9 Å². The van der Waals surface area contributed by atoms with E-state index in [4.69, 9.17) is 9.16 Å². The van der Waals surface area contributed by atoms with Crippen LogP contribution in [0.15, 0.2) is 30.3 Å². The van der Waals surface area contributed by atoms with Gasteiger partial charge in [-0.25, -0.2) is 4.79 Å². The lowest BCUT2D eigenvalue weighted by Gasteiger charge is -2.37. The fourth-order valence-electron chi connectivity index (χ4n) is 3.22. The molecule has 0 aromatic heterocycles. The molecule has 1 radical (unpaired) electrons. The predicted octanol–water partition coefficient (Wildman–Crippen LogP) is 3.65. The molecule has 2 rings (SSSR count). The third-order valence-corrected chi connectivity index (χ3v) is 5.54. The van der Waals surface area contributed by atoms with E-state index in [2.05, 4.69) is 20.8 Å². The van der Waals surface area contributed by atoms with Crippen molar-refractivity contribution in [3.8, 4) is 0 Å². The quantitative estimate of drug-likeness (QED) is 0.810. The zero-order valence-electron chi connectivity index (χ0n) is 15.9. The summed E-state index contributed by atoms with van der Waals surface area (Å²) in [7, 11) is -1.10. The fraction of sp³-hybridized carbons (Fsp3) is 0.632. The summed E-state index contributed by atoms with van der Waals surface area (Å²) in [6, 6.07) is 9.60. The molecule has 1 N–H and O–H groups in total. The standard InChI is InChI=1S/C19H30NO4Si/c1-18(2,3)16-11-19(14-21,24-25(4)5)20(12-16)17(22)23-13-15-9-7-6-8-10-15/h6-10,16,21H,11-14H2,1-5H3/t16-,19-/m0/s1. The SMILES string of the molecule is C[Si](C)O[C@]1(CO)C[C@H](C(C)(C)C)CN1C(=O)OCc1ccccc1. The minimum absolute atomic E-state index is 0.0205. The third-order valence-electron chi connectivity index (χ3n) is 4.75. The molecule has 1 aliphatic heterocycles. The molecular formula is C19H30NO4Si. The number of aliphatic hydroxyl groups excluding tert-OH is 1. The van der Waals surface area contributed by atoms with Crippen molar-refractivity contribution in [2.75, 3.05) is 13.2 Å². The number of rotatable bonds is 5. The van der Waals surface area contributed by atoms with Gasteiger partial charge in [0, 0.05) is 13.0 Å². The van der Waals surface area contributed by atoms with Gasteiger partial charge in [0.25, 0.3) is 0 Å². The minimum atomic E-state index is -1.10. The second-order valence-corrected chi connectivity index (χ2v) is 10.1. The molecule has 1 saturated heterocycles. The van der Waals surface area contributed by atoms with E-state index in [9.17, 15) is 9.90 Å². The van der Waals surface area contributed by atoms with Gasteiger partial charge in [-0.2, -0.15) is 0 Å². The van der Waals surface area contributed by atoms with Crippen molar-refractivity contribution in [3.05, 3.63) is 35.9 Å². The lowest BCUT2D eigenvalue weighted by Crippen LogP contribution is -2.54. The van der Waals surface area contributed by atoms with Crippen LogP contribution in [0.25, 0.3) is 0 Å². The van der Waals surface area contributed by atoms with E-state index in [-0.39, 0.29) is 24.5 Å². The Balaban J connectivity index is 2.16. The number of likely N-dealkylation sites (tertiary alicyclic amines) is 1. The lowest BCUT2D eigenvalue weighted by molar-refractivity contribution is -0.0877. The first-order chi connectivity index (χ1) is 11.7. The molecule has 1 aromatic carbocycles. The lowest BCUT2D eigenvalue weighted by atomic mass is 9.79. The van der Waals surface area contributed by atoms with E-state index in [1.54, 1.807) is 4.90 Å². The van der Waals surface area contributed by atoms with Gasteiger partial charge >= 0.3 is 6.09 Å². The maximum Gasteiger partial charge on any atom is 0.412 e. The van der Waals surface area contributed by atoms with Crippen molar-refractivity contribution in [1.29, 1.82) is 0 Å². The van der Waals surface area contributed by atoms with Crippen molar-refractivity contribution in [1.82, 2.24) is 4.90 Å². The van der Waals surface area contributed by atoms with Crippen molar-refractivity contribution in [2.45, 2.75) is 52.6 Å². The van der Waals surface area contributed by atoms with Crippen LogP contribution in [0.1, 0.15) is 32.8 Å². The van der Waals surface area contributed by atoms with Crippen LogP contribution >= 0.6 is 0 Å². The average Bonchev–Trinajstić information content (AvgIpc) is 2.93. The van der Waals surface area contributed by atoms with Gasteiger partial charge in [0.2, 0.25) is 9.04 Å². The number of hydrogen-bond acceptors (Lipinski definition) is 4. The Morgan fingerprint density at radius 1 is 1.32 bits per heavy atom. The van der Waals surface area contributed by atoms with Gasteiger partial charge in [0.15, 0.2) is 5.72 Å². The van der Waals surface area contributed by atoms with Crippen LogP contribution in [0.3, 0.4) is 0 Å². The number of carbonyl (C=O) groups is 1. The molecule has 0 aliphatic carbocycles. The van der Waals surface area contributed by atoms with Crippen LogP contribution in [0.5, 0.6) is 0 Å². The van der Waals surface area contributed by atoms with Crippen LogP contribution in [0, 0.1) is 11.3 Å². The molecule has 0 spiro atoms. The summed E-state index contributed by atoms with van der Waals surface area (Å²) >= 11 is 0. The number of ether oxygens (including phenoxy) is 1. The number of carbonyl (C=O) groups excluding carboxylic acids is 1. The summed E-state index contributed by atoms with van der Waals surface area (Å²) in [5, 5.41) is 10.1. The number of amides is 1. The summed E-state index contributed by atoms with van der Waals surface area (Å²) in [6.45, 7) is 11.0. The summed E-state index contributed by atoms with van der Waals surface area (Å²) < 4.78 is 11.7. The highest BCUT2D eigenvalue weighted by Gasteiger charge is 2.52. The molecule has 0 unspecified atom stereocenters. The highest BCUT2D eigenvalue weighted by atomic mass is 28.3. The largest absolute Gasteiger partial charge is 0.444 e. The first kappa shape index (κ1) is 19.9. The van der Waals surface area contributed by atoms with Crippen molar-refractivity contribution in [3.63, 3.8) is 0 Å². The molecule has 5 nitrogen and oxygen atoms in total. The number of aliphatic hydroxyl groups is 1. The Bertz CT molecular complexity index is 573. The van der Waals surface area contributed by atoms with Crippen LogP contribution in [0.4, 0.5) is 4.79 Å². The number of benzene rings is 1. The molecule has 0 bridgehead atoms. The van der Waals surface area contributed by atoms with Gasteiger partial charge in [-0.1, -0.05) is 51.1 Å². The summed E-state index contributed by atoms with van der Waals surface area (Å²) in [5.74, 6) is 0.241. The van der Waals surface area contributed by atoms with Crippen molar-refractivity contribution < 1.29 is 19.1 Å². The van der Waals surface area contributed by atoms with E-state index in [0.717, 1.165) is 5.56 Å². The Morgan fingerprint density at radius 2 is 1.96 bits per heavy atom. The van der Waals surface area contributed by atoms with Crippen LogP contribution in [-0.4, -0.2) is 44.0 Å². The topological polar surface area (TPSA) is 59.0 Å². The second-order valence-electron chi connectivity index (χ2n) is 8.03. The van der Waals surface area contributed by atoms with Gasteiger partial charge in [0.1, 0.15) is 6.61 Å². The summed E-state index contributed by atoms with van der Waals surface area (Å²) in [5.41, 5.74) is -0.00969. The maximum absolute atomic E-state index is 12.8. The van der Waals surface area contributed by atoms with Crippen LogP contribution in [-0.2, 0) is 15.8 Å². The molecule has 25 heavy (non-hydrogen) atoms. The molecule has 1 fully saturated rings. The van der Waals surface area contributed by atoms with Gasteiger partial charge in [-0.3, -0.25) is 4.90 Å². The number of hydrogen-bond donors (Lipinski definition) is 1. The zero-order chi connectivity index (χ0) is 18.7. The van der Waals surface area contributed by atoms with E-state index >= 15 is 0 Å². The molecule has 139 valence electrons. The maximum atomic E-state index is 12.8. The molecular weight excluding hydrogens is 334 g/mol. The smallest absolute Gasteiger partial charge is 0.412 e. The Morgan fingerprint density at radius 3 is 2.48 bits per heavy atom. The van der Waals surface area contributed by atoms with Gasteiger partial charge in [-0.05, 0) is 30.0 Å². The van der Waals surface area contributed by atoms with Crippen LogP contribution in [0.2, 0.25) is 13.1 Å².